The highest BCUT2D eigenvalue weighted by atomic mass is 35.5. The van der Waals surface area contributed by atoms with E-state index in [9.17, 15) is 4.79 Å². The maximum atomic E-state index is 11.4. The lowest BCUT2D eigenvalue weighted by Gasteiger charge is -2.19. The summed E-state index contributed by atoms with van der Waals surface area (Å²) < 4.78 is 5.18. The van der Waals surface area contributed by atoms with Gasteiger partial charge in [0.1, 0.15) is 11.6 Å². The van der Waals surface area contributed by atoms with Crippen molar-refractivity contribution < 1.29 is 9.53 Å². The molecular weight excluding hydrogens is 214 g/mol. The second-order valence-corrected chi connectivity index (χ2v) is 3.53. The minimum absolute atomic E-state index is 0.0341. The topological polar surface area (TPSA) is 29.5 Å². The van der Waals surface area contributed by atoms with E-state index >= 15 is 0 Å². The Morgan fingerprint density at radius 1 is 1.53 bits per heavy atom. The van der Waals surface area contributed by atoms with Gasteiger partial charge in [0, 0.05) is 7.05 Å². The molecule has 3 nitrogen and oxygen atoms in total. The van der Waals surface area contributed by atoms with Gasteiger partial charge in [0.25, 0.3) is 0 Å². The first-order chi connectivity index (χ1) is 7.10. The van der Waals surface area contributed by atoms with Crippen LogP contribution in [0.1, 0.15) is 5.56 Å². The first-order valence-corrected chi connectivity index (χ1v) is 5.10. The second kappa shape index (κ2) is 5.03. The number of hydrogen-bond donors (Lipinski definition) is 0. The van der Waals surface area contributed by atoms with Gasteiger partial charge in [0.2, 0.25) is 5.91 Å². The third kappa shape index (κ3) is 2.63. The minimum atomic E-state index is -0.152. The third-order valence-electron chi connectivity index (χ3n) is 2.18. The molecule has 82 valence electrons. The van der Waals surface area contributed by atoms with Crippen LogP contribution in [-0.4, -0.2) is 25.9 Å². The molecule has 0 fully saturated rings. The van der Waals surface area contributed by atoms with Crippen LogP contribution in [-0.2, 0) is 4.79 Å². The molecule has 1 aromatic rings. The first-order valence-electron chi connectivity index (χ1n) is 4.57. The SMILES string of the molecule is COc1ccc(C)cc1N(C)C(=O)CCl. The lowest BCUT2D eigenvalue weighted by atomic mass is 10.2. The smallest absolute Gasteiger partial charge is 0.241 e. The van der Waals surface area contributed by atoms with Gasteiger partial charge in [-0.25, -0.2) is 0 Å². The van der Waals surface area contributed by atoms with Crippen LogP contribution in [0.15, 0.2) is 18.2 Å². The zero-order valence-corrected chi connectivity index (χ0v) is 9.84. The van der Waals surface area contributed by atoms with E-state index in [-0.39, 0.29) is 11.8 Å². The number of benzene rings is 1. The average molecular weight is 228 g/mol. The third-order valence-corrected chi connectivity index (χ3v) is 2.41. The van der Waals surface area contributed by atoms with Gasteiger partial charge in [-0.1, -0.05) is 6.07 Å². The Balaban J connectivity index is 3.10. The van der Waals surface area contributed by atoms with E-state index in [1.54, 1.807) is 14.2 Å². The van der Waals surface area contributed by atoms with Crippen LogP contribution in [0.4, 0.5) is 5.69 Å². The van der Waals surface area contributed by atoms with E-state index in [2.05, 4.69) is 0 Å². The largest absolute Gasteiger partial charge is 0.495 e. The molecule has 0 aliphatic carbocycles. The highest BCUT2D eigenvalue weighted by Gasteiger charge is 2.13. The highest BCUT2D eigenvalue weighted by Crippen LogP contribution is 2.28. The molecule has 0 spiro atoms. The van der Waals surface area contributed by atoms with Crippen molar-refractivity contribution in [1.82, 2.24) is 0 Å². The highest BCUT2D eigenvalue weighted by molar-refractivity contribution is 6.29. The molecule has 0 bridgehead atoms. The lowest BCUT2D eigenvalue weighted by Crippen LogP contribution is -2.27. The van der Waals surface area contributed by atoms with E-state index in [4.69, 9.17) is 16.3 Å². The molecule has 15 heavy (non-hydrogen) atoms. The summed E-state index contributed by atoms with van der Waals surface area (Å²) in [4.78, 5) is 12.9. The molecule has 0 N–H and O–H groups in total. The number of carbonyl (C=O) groups excluding carboxylic acids is 1. The van der Waals surface area contributed by atoms with Crippen LogP contribution in [0.5, 0.6) is 5.75 Å². The summed E-state index contributed by atoms with van der Waals surface area (Å²) in [7, 11) is 3.26. The van der Waals surface area contributed by atoms with Crippen LogP contribution >= 0.6 is 11.6 Å². The number of anilines is 1. The van der Waals surface area contributed by atoms with E-state index in [1.807, 2.05) is 25.1 Å². The molecule has 1 rings (SSSR count). The Bertz CT molecular complexity index is 366. The van der Waals surface area contributed by atoms with Gasteiger partial charge in [0.05, 0.1) is 12.8 Å². The molecule has 0 radical (unpaired) electrons. The van der Waals surface area contributed by atoms with Crippen molar-refractivity contribution in [2.45, 2.75) is 6.92 Å². The Labute approximate surface area is 94.6 Å². The van der Waals surface area contributed by atoms with E-state index < -0.39 is 0 Å². The lowest BCUT2D eigenvalue weighted by molar-refractivity contribution is -0.116. The molecule has 0 unspecified atom stereocenters. The predicted molar refractivity (Wildman–Crippen MR) is 61.9 cm³/mol. The van der Waals surface area contributed by atoms with Crippen LogP contribution in [0.2, 0.25) is 0 Å². The molecule has 0 atom stereocenters. The molecule has 0 saturated carbocycles. The zero-order valence-electron chi connectivity index (χ0n) is 9.08. The van der Waals surface area contributed by atoms with Gasteiger partial charge >= 0.3 is 0 Å². The fraction of sp³-hybridized carbons (Fsp3) is 0.364. The molecule has 0 aromatic heterocycles. The van der Waals surface area contributed by atoms with Gasteiger partial charge in [-0.3, -0.25) is 4.79 Å². The van der Waals surface area contributed by atoms with Crippen LogP contribution in [0.3, 0.4) is 0 Å². The van der Waals surface area contributed by atoms with E-state index in [0.29, 0.717) is 5.75 Å². The fourth-order valence-corrected chi connectivity index (χ4v) is 1.47. The maximum Gasteiger partial charge on any atom is 0.241 e. The molecule has 0 saturated heterocycles. The Morgan fingerprint density at radius 2 is 2.20 bits per heavy atom. The second-order valence-electron chi connectivity index (χ2n) is 3.26. The summed E-state index contributed by atoms with van der Waals surface area (Å²) in [5.74, 6) is 0.482. The van der Waals surface area contributed by atoms with Crippen molar-refractivity contribution in [1.29, 1.82) is 0 Å². The number of carbonyl (C=O) groups is 1. The van der Waals surface area contributed by atoms with Crippen molar-refractivity contribution in [3.63, 3.8) is 0 Å². The molecule has 1 amide bonds. The van der Waals surface area contributed by atoms with Crippen molar-refractivity contribution in [3.05, 3.63) is 23.8 Å². The number of methoxy groups -OCH3 is 1. The number of ether oxygens (including phenoxy) is 1. The van der Waals surface area contributed by atoms with Crippen LogP contribution < -0.4 is 9.64 Å². The van der Waals surface area contributed by atoms with E-state index in [1.165, 1.54) is 4.90 Å². The van der Waals surface area contributed by atoms with Crippen molar-refractivity contribution in [2.24, 2.45) is 0 Å². The summed E-state index contributed by atoms with van der Waals surface area (Å²) in [6.07, 6.45) is 0. The quantitative estimate of drug-likeness (QED) is 0.741. The standard InChI is InChI=1S/C11H14ClNO2/c1-8-4-5-10(15-3)9(6-8)13(2)11(14)7-12/h4-6H,7H2,1-3H3. The number of amides is 1. The van der Waals surface area contributed by atoms with E-state index in [0.717, 1.165) is 11.3 Å². The van der Waals surface area contributed by atoms with Gasteiger partial charge < -0.3 is 9.64 Å². The maximum absolute atomic E-state index is 11.4. The zero-order chi connectivity index (χ0) is 11.4. The van der Waals surface area contributed by atoms with Gasteiger partial charge in [-0.15, -0.1) is 11.6 Å². The summed E-state index contributed by atoms with van der Waals surface area (Å²) in [6, 6.07) is 5.66. The van der Waals surface area contributed by atoms with Gasteiger partial charge in [0.15, 0.2) is 0 Å². The summed E-state index contributed by atoms with van der Waals surface area (Å²) >= 11 is 5.50. The summed E-state index contributed by atoms with van der Waals surface area (Å²) in [5, 5.41) is 0. The van der Waals surface area contributed by atoms with Crippen molar-refractivity contribution in [2.75, 3.05) is 24.9 Å². The molecule has 1 aromatic carbocycles. The summed E-state index contributed by atoms with van der Waals surface area (Å²) in [6.45, 7) is 1.96. The Hall–Kier alpha value is -1.22. The average Bonchev–Trinajstić information content (AvgIpc) is 2.27. The van der Waals surface area contributed by atoms with Gasteiger partial charge in [-0.05, 0) is 24.6 Å². The fourth-order valence-electron chi connectivity index (χ4n) is 1.29. The number of aryl methyl sites for hydroxylation is 1. The number of alkyl halides is 1. The Kier molecular flexibility index (Phi) is 3.97. The number of hydrogen-bond acceptors (Lipinski definition) is 2. The Morgan fingerprint density at radius 3 is 2.73 bits per heavy atom. The first kappa shape index (κ1) is 11.9. The number of nitrogens with zero attached hydrogens (tertiary/aromatic N) is 1. The number of halogens is 1. The predicted octanol–water partition coefficient (Wildman–Crippen LogP) is 2.21. The van der Waals surface area contributed by atoms with Crippen molar-refractivity contribution >= 4 is 23.2 Å². The van der Waals surface area contributed by atoms with Crippen LogP contribution in [0, 0.1) is 6.92 Å². The number of rotatable bonds is 3. The molecule has 4 heteroatoms. The monoisotopic (exact) mass is 227 g/mol. The molecule has 0 aliphatic rings. The van der Waals surface area contributed by atoms with Crippen LogP contribution in [0.25, 0.3) is 0 Å². The molecular formula is C11H14ClNO2. The van der Waals surface area contributed by atoms with Crippen molar-refractivity contribution in [3.8, 4) is 5.75 Å². The summed E-state index contributed by atoms with van der Waals surface area (Å²) in [5.41, 5.74) is 1.81. The minimum Gasteiger partial charge on any atom is -0.495 e. The normalized spacial score (nSPS) is 9.87. The molecule has 0 heterocycles. The molecule has 0 aliphatic heterocycles. The van der Waals surface area contributed by atoms with Gasteiger partial charge in [-0.2, -0.15) is 0 Å².